The molecule has 0 saturated carbocycles. The monoisotopic (exact) mass is 297 g/mol. The highest BCUT2D eigenvalue weighted by Gasteiger charge is 2.33. The molecule has 0 saturated heterocycles. The lowest BCUT2D eigenvalue weighted by molar-refractivity contribution is 0.160. The van der Waals surface area contributed by atoms with Crippen LogP contribution in [0.15, 0.2) is 36.6 Å². The van der Waals surface area contributed by atoms with Crippen LogP contribution in [-0.2, 0) is 4.74 Å². The first-order valence-corrected chi connectivity index (χ1v) is 8.06. The molecule has 21 heavy (non-hydrogen) atoms. The van der Waals surface area contributed by atoms with Crippen molar-refractivity contribution in [2.45, 2.75) is 54.9 Å². The van der Waals surface area contributed by atoms with E-state index in [0.717, 1.165) is 18.9 Å². The topological polar surface area (TPSA) is 12.5 Å². The lowest BCUT2D eigenvalue weighted by atomic mass is 9.81. The highest BCUT2D eigenvalue weighted by molar-refractivity contribution is 5.18. The summed E-state index contributed by atoms with van der Waals surface area (Å²) in [4.78, 5) is 2.23. The number of ether oxygens (including phenoxy) is 1. The molecular formula is C19H39NO. The zero-order valence-electron chi connectivity index (χ0n) is 16.0. The van der Waals surface area contributed by atoms with E-state index in [2.05, 4.69) is 52.9 Å². The molecule has 2 nitrogen and oxygen atoms in total. The van der Waals surface area contributed by atoms with Gasteiger partial charge >= 0.3 is 0 Å². The Morgan fingerprint density at radius 2 is 1.52 bits per heavy atom. The second-order valence-electron chi connectivity index (χ2n) is 5.06. The van der Waals surface area contributed by atoms with Crippen LogP contribution in [0.4, 0.5) is 0 Å². The smallest absolute Gasteiger partial charge is 0.0969 e. The van der Waals surface area contributed by atoms with E-state index in [9.17, 15) is 0 Å². The van der Waals surface area contributed by atoms with Crippen molar-refractivity contribution in [3.8, 4) is 0 Å². The molecule has 0 aliphatic carbocycles. The van der Waals surface area contributed by atoms with Crippen LogP contribution < -0.4 is 0 Å². The van der Waals surface area contributed by atoms with E-state index >= 15 is 0 Å². The van der Waals surface area contributed by atoms with Crippen LogP contribution in [0.1, 0.15) is 54.9 Å². The van der Waals surface area contributed by atoms with Crippen LogP contribution in [0.5, 0.6) is 0 Å². The van der Waals surface area contributed by atoms with Gasteiger partial charge in [-0.3, -0.25) is 0 Å². The minimum atomic E-state index is 0.272. The molecule has 126 valence electrons. The fraction of sp³-hybridized carbons (Fsp3) is 0.684. The average Bonchev–Trinajstić information content (AvgIpc) is 2.78. The minimum absolute atomic E-state index is 0.272. The van der Waals surface area contributed by atoms with E-state index < -0.39 is 0 Å². The van der Waals surface area contributed by atoms with Crippen LogP contribution >= 0.6 is 0 Å². The lowest BCUT2D eigenvalue weighted by Gasteiger charge is -2.25. The summed E-state index contributed by atoms with van der Waals surface area (Å²) in [7, 11) is 4.23. The van der Waals surface area contributed by atoms with Gasteiger partial charge in [-0.05, 0) is 46.5 Å². The molecule has 0 spiro atoms. The van der Waals surface area contributed by atoms with Crippen molar-refractivity contribution in [2.75, 3.05) is 27.2 Å². The Kier molecular flexibility index (Phi) is 18.3. The molecule has 0 amide bonds. The van der Waals surface area contributed by atoms with Crippen LogP contribution in [0.2, 0.25) is 0 Å². The largest absolute Gasteiger partial charge is 0.497 e. The molecule has 1 atom stereocenters. The third kappa shape index (κ3) is 11.3. The maximum Gasteiger partial charge on any atom is 0.0969 e. The highest BCUT2D eigenvalue weighted by Crippen LogP contribution is 2.39. The first-order valence-electron chi connectivity index (χ1n) is 8.06. The van der Waals surface area contributed by atoms with E-state index in [1.54, 1.807) is 12.2 Å². The zero-order valence-corrected chi connectivity index (χ0v) is 16.0. The van der Waals surface area contributed by atoms with Gasteiger partial charge in [-0.25, -0.2) is 0 Å². The Bertz CT molecular complexity index is 286. The number of hydrogen-bond donors (Lipinski definition) is 0. The highest BCUT2D eigenvalue weighted by atomic mass is 16.5. The second kappa shape index (κ2) is 15.4. The number of allylic oxidation sites excluding steroid dienone is 3. The number of rotatable bonds is 4. The molecule has 2 heteroatoms. The predicted octanol–water partition coefficient (Wildman–Crippen LogP) is 5.68. The second-order valence-corrected chi connectivity index (χ2v) is 5.06. The van der Waals surface area contributed by atoms with E-state index in [1.165, 1.54) is 12.0 Å². The van der Waals surface area contributed by atoms with E-state index in [0.29, 0.717) is 0 Å². The van der Waals surface area contributed by atoms with Crippen molar-refractivity contribution in [3.05, 3.63) is 36.6 Å². The number of hydrogen-bond acceptors (Lipinski definition) is 2. The van der Waals surface area contributed by atoms with Gasteiger partial charge in [0, 0.05) is 5.41 Å². The summed E-state index contributed by atoms with van der Waals surface area (Å²) in [6.45, 7) is 23.3. The predicted molar refractivity (Wildman–Crippen MR) is 98.7 cm³/mol. The maximum atomic E-state index is 5.57. The van der Waals surface area contributed by atoms with Crippen LogP contribution in [0.25, 0.3) is 0 Å². The third-order valence-electron chi connectivity index (χ3n) is 3.32. The fourth-order valence-corrected chi connectivity index (χ4v) is 1.64. The summed E-state index contributed by atoms with van der Waals surface area (Å²) in [6, 6.07) is 0. The molecule has 1 unspecified atom stereocenters. The van der Waals surface area contributed by atoms with Gasteiger partial charge in [-0.1, -0.05) is 59.9 Å². The van der Waals surface area contributed by atoms with Crippen molar-refractivity contribution in [3.63, 3.8) is 0 Å². The molecule has 1 rings (SSSR count). The molecule has 1 aliphatic heterocycles. The summed E-state index contributed by atoms with van der Waals surface area (Å²) in [5.74, 6) is 1.13. The Morgan fingerprint density at radius 1 is 1.10 bits per heavy atom. The molecular weight excluding hydrogens is 258 g/mol. The fourth-order valence-electron chi connectivity index (χ4n) is 1.64. The van der Waals surface area contributed by atoms with Crippen molar-refractivity contribution < 1.29 is 4.74 Å². The van der Waals surface area contributed by atoms with Gasteiger partial charge in [0.1, 0.15) is 0 Å². The van der Waals surface area contributed by atoms with Gasteiger partial charge in [-0.2, -0.15) is 0 Å². The Labute approximate surface area is 134 Å². The maximum absolute atomic E-state index is 5.57. The Hall–Kier alpha value is -1.02. The summed E-state index contributed by atoms with van der Waals surface area (Å²) >= 11 is 0. The summed E-state index contributed by atoms with van der Waals surface area (Å²) < 4.78 is 5.57. The normalized spacial score (nSPS) is 19.1. The van der Waals surface area contributed by atoms with Gasteiger partial charge in [-0.15, -0.1) is 0 Å². The van der Waals surface area contributed by atoms with Gasteiger partial charge in [0.2, 0.25) is 0 Å². The lowest BCUT2D eigenvalue weighted by Crippen LogP contribution is -2.25. The standard InChI is InChI=1S/C11H21NO.C4H6.2C2H6/c1-9-10(2)13-8-11(9,3)6-7-12(4)5;1-3-4-2;2*1-2/h6-8H2,1-5H3;3-4H,1-2H2;2*1-2H3. The number of nitrogens with zero attached hydrogens (tertiary/aromatic N) is 1. The molecule has 0 fully saturated rings. The molecule has 0 radical (unpaired) electrons. The van der Waals surface area contributed by atoms with Crippen LogP contribution in [0, 0.1) is 5.41 Å². The third-order valence-corrected chi connectivity index (χ3v) is 3.32. The van der Waals surface area contributed by atoms with Gasteiger partial charge < -0.3 is 9.64 Å². The SMILES string of the molecule is C=CC=C.CC.CC.CC1=C(C)C(C)(CCN(C)C)CO1. The zero-order chi connectivity index (χ0) is 17.5. The van der Waals surface area contributed by atoms with Gasteiger partial charge in [0.05, 0.1) is 12.4 Å². The first-order chi connectivity index (χ1) is 9.87. The van der Waals surface area contributed by atoms with E-state index in [-0.39, 0.29) is 5.41 Å². The minimum Gasteiger partial charge on any atom is -0.497 e. The van der Waals surface area contributed by atoms with Crippen molar-refractivity contribution in [1.29, 1.82) is 0 Å². The van der Waals surface area contributed by atoms with Crippen LogP contribution in [0.3, 0.4) is 0 Å². The molecule has 0 aromatic heterocycles. The van der Waals surface area contributed by atoms with Gasteiger partial charge in [0.15, 0.2) is 0 Å². The molecule has 1 heterocycles. The molecule has 0 bridgehead atoms. The molecule has 0 aromatic carbocycles. The van der Waals surface area contributed by atoms with E-state index in [4.69, 9.17) is 4.74 Å². The summed E-state index contributed by atoms with van der Waals surface area (Å²) in [5, 5.41) is 0. The average molecular weight is 298 g/mol. The van der Waals surface area contributed by atoms with Crippen molar-refractivity contribution >= 4 is 0 Å². The molecule has 1 aliphatic rings. The quantitative estimate of drug-likeness (QED) is 0.619. The van der Waals surface area contributed by atoms with Crippen molar-refractivity contribution in [1.82, 2.24) is 4.90 Å². The Balaban J connectivity index is -0.000000343. The van der Waals surface area contributed by atoms with E-state index in [1.807, 2.05) is 27.7 Å². The Morgan fingerprint density at radius 3 is 1.76 bits per heavy atom. The first kappa shape index (κ1) is 25.0. The van der Waals surface area contributed by atoms with Crippen molar-refractivity contribution in [2.24, 2.45) is 5.41 Å². The molecule has 0 aromatic rings. The summed E-state index contributed by atoms with van der Waals surface area (Å²) in [5.41, 5.74) is 1.70. The summed E-state index contributed by atoms with van der Waals surface area (Å²) in [6.07, 6.45) is 4.46. The molecule has 0 N–H and O–H groups in total. The van der Waals surface area contributed by atoms with Gasteiger partial charge in [0.25, 0.3) is 0 Å². The van der Waals surface area contributed by atoms with Crippen LogP contribution in [-0.4, -0.2) is 32.1 Å².